The molecule has 0 N–H and O–H groups in total. The molecule has 1 aliphatic heterocycles. The van der Waals surface area contributed by atoms with Crippen LogP contribution in [0.15, 0.2) is 54.6 Å². The van der Waals surface area contributed by atoms with E-state index in [2.05, 4.69) is 9.88 Å². The number of ether oxygens (including phenoxy) is 1. The fourth-order valence-electron chi connectivity index (χ4n) is 3.57. The van der Waals surface area contributed by atoms with Gasteiger partial charge in [-0.2, -0.15) is 0 Å². The fraction of sp³-hybridized carbons (Fsp3) is 0.304. The molecule has 0 saturated carbocycles. The number of aryl methyl sites for hydroxylation is 1. The Bertz CT molecular complexity index is 999. The molecule has 0 radical (unpaired) electrons. The Kier molecular flexibility index (Phi) is 5.97. The molecule has 0 bridgehead atoms. The number of amides is 1. The van der Waals surface area contributed by atoms with E-state index in [4.69, 9.17) is 16.3 Å². The molecule has 0 spiro atoms. The second-order valence-electron chi connectivity index (χ2n) is 7.35. The summed E-state index contributed by atoms with van der Waals surface area (Å²) < 4.78 is 5.84. The lowest BCUT2D eigenvalue weighted by Crippen LogP contribution is -2.49. The molecule has 0 unspecified atom stereocenters. The van der Waals surface area contributed by atoms with Crippen molar-refractivity contribution in [1.29, 1.82) is 0 Å². The number of pyridine rings is 1. The number of aromatic nitrogens is 1. The van der Waals surface area contributed by atoms with E-state index >= 15 is 0 Å². The minimum atomic E-state index is 0.0146. The van der Waals surface area contributed by atoms with Crippen molar-refractivity contribution in [2.75, 3.05) is 32.8 Å². The third-order valence-corrected chi connectivity index (χ3v) is 5.47. The van der Waals surface area contributed by atoms with Crippen LogP contribution in [0.25, 0.3) is 10.9 Å². The van der Waals surface area contributed by atoms with Crippen LogP contribution in [0.4, 0.5) is 0 Å². The highest BCUT2D eigenvalue weighted by molar-refractivity contribution is 6.30. The lowest BCUT2D eigenvalue weighted by molar-refractivity contribution is -0.135. The zero-order valence-corrected chi connectivity index (χ0v) is 17.2. The van der Waals surface area contributed by atoms with Gasteiger partial charge in [0.2, 0.25) is 0 Å². The largest absolute Gasteiger partial charge is 0.481 e. The highest BCUT2D eigenvalue weighted by atomic mass is 35.5. The summed E-state index contributed by atoms with van der Waals surface area (Å²) in [6, 6.07) is 17.7. The molecule has 1 fully saturated rings. The minimum absolute atomic E-state index is 0.0146. The number of benzene rings is 2. The Labute approximate surface area is 175 Å². The lowest BCUT2D eigenvalue weighted by atomic mass is 10.2. The maximum Gasteiger partial charge on any atom is 0.260 e. The summed E-state index contributed by atoms with van der Waals surface area (Å²) in [5.74, 6) is 0.668. The van der Waals surface area contributed by atoms with Crippen LogP contribution in [0.3, 0.4) is 0 Å². The van der Waals surface area contributed by atoms with Gasteiger partial charge in [0.15, 0.2) is 6.61 Å². The summed E-state index contributed by atoms with van der Waals surface area (Å²) >= 11 is 5.95. The molecule has 1 aliphatic rings. The van der Waals surface area contributed by atoms with Crippen LogP contribution in [-0.2, 0) is 11.3 Å². The number of hydrogen-bond donors (Lipinski definition) is 0. The predicted molar refractivity (Wildman–Crippen MR) is 115 cm³/mol. The summed E-state index contributed by atoms with van der Waals surface area (Å²) in [5.41, 5.74) is 2.96. The monoisotopic (exact) mass is 409 g/mol. The van der Waals surface area contributed by atoms with E-state index in [0.29, 0.717) is 18.8 Å². The van der Waals surface area contributed by atoms with Crippen molar-refractivity contribution in [2.24, 2.45) is 0 Å². The van der Waals surface area contributed by atoms with Gasteiger partial charge in [-0.15, -0.1) is 0 Å². The minimum Gasteiger partial charge on any atom is -0.481 e. The molecule has 5 nitrogen and oxygen atoms in total. The summed E-state index contributed by atoms with van der Waals surface area (Å²) in [5, 5.41) is 1.76. The van der Waals surface area contributed by atoms with Crippen molar-refractivity contribution in [3.63, 3.8) is 0 Å². The van der Waals surface area contributed by atoms with Gasteiger partial charge in [0.1, 0.15) is 11.3 Å². The number of para-hydroxylation sites is 1. The Morgan fingerprint density at radius 2 is 1.79 bits per heavy atom. The van der Waals surface area contributed by atoms with Crippen LogP contribution in [0, 0.1) is 6.92 Å². The maximum absolute atomic E-state index is 12.6. The van der Waals surface area contributed by atoms with Gasteiger partial charge in [0.05, 0.1) is 0 Å². The first-order valence-corrected chi connectivity index (χ1v) is 10.2. The summed E-state index contributed by atoms with van der Waals surface area (Å²) in [4.78, 5) is 21.4. The highest BCUT2D eigenvalue weighted by Gasteiger charge is 2.21. The van der Waals surface area contributed by atoms with Gasteiger partial charge < -0.3 is 9.64 Å². The average molecular weight is 410 g/mol. The molecular formula is C23H24ClN3O2. The van der Waals surface area contributed by atoms with E-state index in [0.717, 1.165) is 41.3 Å². The van der Waals surface area contributed by atoms with E-state index in [1.165, 1.54) is 5.56 Å². The SMILES string of the molecule is Cc1ccc2cccc(OCC(=O)N3CCN(Cc4ccc(Cl)cc4)CC3)c2n1. The first-order valence-electron chi connectivity index (χ1n) is 9.82. The molecule has 4 rings (SSSR count). The molecule has 3 aromatic rings. The molecule has 1 amide bonds. The van der Waals surface area contributed by atoms with E-state index < -0.39 is 0 Å². The highest BCUT2D eigenvalue weighted by Crippen LogP contribution is 2.24. The predicted octanol–water partition coefficient (Wildman–Crippen LogP) is 3.92. The van der Waals surface area contributed by atoms with Gasteiger partial charge in [-0.3, -0.25) is 9.69 Å². The molecule has 0 aliphatic carbocycles. The number of halogens is 1. The normalized spacial score (nSPS) is 14.9. The molecule has 6 heteroatoms. The molecule has 1 aromatic heterocycles. The topological polar surface area (TPSA) is 45.7 Å². The maximum atomic E-state index is 12.6. The van der Waals surface area contributed by atoms with Gasteiger partial charge in [0.25, 0.3) is 5.91 Å². The van der Waals surface area contributed by atoms with Gasteiger partial charge >= 0.3 is 0 Å². The molecule has 0 atom stereocenters. The van der Waals surface area contributed by atoms with Crippen molar-refractivity contribution >= 4 is 28.4 Å². The van der Waals surface area contributed by atoms with E-state index in [1.54, 1.807) is 0 Å². The third kappa shape index (κ3) is 4.86. The summed E-state index contributed by atoms with van der Waals surface area (Å²) in [6.07, 6.45) is 0. The van der Waals surface area contributed by atoms with Crippen LogP contribution in [0.1, 0.15) is 11.3 Å². The van der Waals surface area contributed by atoms with Crippen LogP contribution < -0.4 is 4.74 Å². The van der Waals surface area contributed by atoms with Crippen LogP contribution >= 0.6 is 11.6 Å². The van der Waals surface area contributed by atoms with E-state index in [-0.39, 0.29) is 12.5 Å². The first-order chi connectivity index (χ1) is 14.1. The van der Waals surface area contributed by atoms with Crippen LogP contribution in [0.5, 0.6) is 5.75 Å². The fourth-order valence-corrected chi connectivity index (χ4v) is 3.69. The third-order valence-electron chi connectivity index (χ3n) is 5.22. The number of hydrogen-bond acceptors (Lipinski definition) is 4. The van der Waals surface area contributed by atoms with Crippen molar-refractivity contribution < 1.29 is 9.53 Å². The molecule has 150 valence electrons. The Balaban J connectivity index is 1.30. The standard InChI is InChI=1S/C23H24ClN3O2/c1-17-5-8-19-3-2-4-21(23(19)25-17)29-16-22(28)27-13-11-26(12-14-27)15-18-6-9-20(24)10-7-18/h2-10H,11-16H2,1H3. The second kappa shape index (κ2) is 8.80. The molecular weight excluding hydrogens is 386 g/mol. The van der Waals surface area contributed by atoms with Gasteiger partial charge in [-0.05, 0) is 36.8 Å². The molecule has 29 heavy (non-hydrogen) atoms. The van der Waals surface area contributed by atoms with Gasteiger partial charge in [-0.25, -0.2) is 4.98 Å². The summed E-state index contributed by atoms with van der Waals surface area (Å²) in [6.45, 7) is 5.98. The zero-order chi connectivity index (χ0) is 20.2. The molecule has 2 aromatic carbocycles. The zero-order valence-electron chi connectivity index (χ0n) is 16.5. The smallest absolute Gasteiger partial charge is 0.260 e. The van der Waals surface area contributed by atoms with Crippen molar-refractivity contribution in [3.05, 3.63) is 70.9 Å². The number of rotatable bonds is 5. The molecule has 1 saturated heterocycles. The summed E-state index contributed by atoms with van der Waals surface area (Å²) in [7, 11) is 0. The number of fused-ring (bicyclic) bond motifs is 1. The van der Waals surface area contributed by atoms with Crippen LogP contribution in [0.2, 0.25) is 5.02 Å². The van der Waals surface area contributed by atoms with Crippen LogP contribution in [-0.4, -0.2) is 53.5 Å². The second-order valence-corrected chi connectivity index (χ2v) is 7.79. The number of carbonyl (C=O) groups is 1. The van der Waals surface area contributed by atoms with Gasteiger partial charge in [0, 0.05) is 48.8 Å². The number of nitrogens with zero attached hydrogens (tertiary/aromatic N) is 3. The Hall–Kier alpha value is -2.63. The average Bonchev–Trinajstić information content (AvgIpc) is 2.74. The van der Waals surface area contributed by atoms with Crippen molar-refractivity contribution in [3.8, 4) is 5.75 Å². The number of carbonyl (C=O) groups excluding carboxylic acids is 1. The van der Waals surface area contributed by atoms with E-state index in [9.17, 15) is 4.79 Å². The van der Waals surface area contributed by atoms with E-state index in [1.807, 2.05) is 66.4 Å². The Morgan fingerprint density at radius 1 is 1.03 bits per heavy atom. The lowest BCUT2D eigenvalue weighted by Gasteiger charge is -2.34. The van der Waals surface area contributed by atoms with Crippen molar-refractivity contribution in [1.82, 2.24) is 14.8 Å². The van der Waals surface area contributed by atoms with Crippen molar-refractivity contribution in [2.45, 2.75) is 13.5 Å². The Morgan fingerprint density at radius 3 is 2.55 bits per heavy atom. The quantitative estimate of drug-likeness (QED) is 0.640. The van der Waals surface area contributed by atoms with Gasteiger partial charge in [-0.1, -0.05) is 41.9 Å². The number of piperazine rings is 1. The molecule has 2 heterocycles. The first kappa shape index (κ1) is 19.7.